The summed E-state index contributed by atoms with van der Waals surface area (Å²) >= 11 is 0. The highest BCUT2D eigenvalue weighted by molar-refractivity contribution is 5.69. The van der Waals surface area contributed by atoms with Gasteiger partial charge in [-0.15, -0.1) is 0 Å². The van der Waals surface area contributed by atoms with Crippen molar-refractivity contribution in [3.05, 3.63) is 0 Å². The van der Waals surface area contributed by atoms with Crippen LogP contribution in [0.3, 0.4) is 0 Å². The van der Waals surface area contributed by atoms with Gasteiger partial charge in [-0.1, -0.05) is 72.6 Å². The van der Waals surface area contributed by atoms with Crippen LogP contribution in [0.4, 0.5) is 0 Å². The molecule has 0 radical (unpaired) electrons. The second-order valence-corrected chi connectivity index (χ2v) is 17.7. The van der Waals surface area contributed by atoms with Crippen molar-refractivity contribution >= 4 is 11.9 Å². The predicted molar refractivity (Wildman–Crippen MR) is 190 cm³/mol. The van der Waals surface area contributed by atoms with Gasteiger partial charge < -0.3 is 9.47 Å². The molecule has 4 aliphatic carbocycles. The zero-order valence-corrected chi connectivity index (χ0v) is 31.1. The molecule has 266 valence electrons. The van der Waals surface area contributed by atoms with E-state index in [4.69, 9.17) is 9.47 Å². The summed E-state index contributed by atoms with van der Waals surface area (Å²) in [5.41, 5.74) is 0. The van der Waals surface area contributed by atoms with Gasteiger partial charge in [0.15, 0.2) is 0 Å². The number of ether oxygens (including phenoxy) is 2. The summed E-state index contributed by atoms with van der Waals surface area (Å²) in [6.45, 7) is 10.1. The molecule has 4 rings (SSSR count). The Morgan fingerprint density at radius 1 is 0.522 bits per heavy atom. The number of hydrogen-bond acceptors (Lipinski definition) is 4. The van der Waals surface area contributed by atoms with E-state index in [1.165, 1.54) is 143 Å². The van der Waals surface area contributed by atoms with Gasteiger partial charge in [-0.05, 0) is 154 Å². The average molecular weight is 643 g/mol. The first kappa shape index (κ1) is 37.8. The molecule has 46 heavy (non-hydrogen) atoms. The lowest BCUT2D eigenvalue weighted by atomic mass is 9.81. The van der Waals surface area contributed by atoms with Gasteiger partial charge in [-0.25, -0.2) is 0 Å². The van der Waals surface area contributed by atoms with E-state index in [9.17, 15) is 9.59 Å². The van der Waals surface area contributed by atoms with Crippen molar-refractivity contribution in [2.24, 2.45) is 71.0 Å². The molecule has 0 bridgehead atoms. The van der Waals surface area contributed by atoms with Crippen LogP contribution in [0.15, 0.2) is 0 Å². The summed E-state index contributed by atoms with van der Waals surface area (Å²) in [5.74, 6) is 10.0. The predicted octanol–water partition coefficient (Wildman–Crippen LogP) is 11.4. The van der Waals surface area contributed by atoms with Gasteiger partial charge in [0.05, 0.1) is 14.2 Å². The molecule has 4 fully saturated rings. The van der Waals surface area contributed by atoms with E-state index >= 15 is 0 Å². The monoisotopic (exact) mass is 643 g/mol. The summed E-state index contributed by atoms with van der Waals surface area (Å²) in [5, 5.41) is 0. The first-order chi connectivity index (χ1) is 22.1. The molecule has 4 nitrogen and oxygen atoms in total. The highest BCUT2D eigenvalue weighted by Gasteiger charge is 2.39. The maximum Gasteiger partial charge on any atom is 0.305 e. The highest BCUT2D eigenvalue weighted by atomic mass is 16.5. The van der Waals surface area contributed by atoms with Crippen molar-refractivity contribution < 1.29 is 19.1 Å². The number of methoxy groups -OCH3 is 2. The summed E-state index contributed by atoms with van der Waals surface area (Å²) in [4.78, 5) is 23.4. The lowest BCUT2D eigenvalue weighted by Gasteiger charge is -2.24. The quantitative estimate of drug-likeness (QED) is 0.104. The van der Waals surface area contributed by atoms with Crippen molar-refractivity contribution in [3.63, 3.8) is 0 Å². The number of unbranched alkanes of at least 4 members (excludes halogenated alkanes) is 1. The number of rotatable bonds is 19. The van der Waals surface area contributed by atoms with Crippen molar-refractivity contribution in [2.75, 3.05) is 14.2 Å². The van der Waals surface area contributed by atoms with Gasteiger partial charge >= 0.3 is 11.9 Å². The Labute approximate surface area is 284 Å². The SMILES string of the molecule is COC(=O)CC1CCC([C@H]2CCC([C@H](C)CCC[C@H](C)CCCCC(C)C[C@@H](C)C3CCC([C@H]4CCC(CC(=O)OC)C4)C3)C2)C1. The van der Waals surface area contributed by atoms with Crippen molar-refractivity contribution in [1.29, 1.82) is 0 Å². The molecule has 12 atom stereocenters. The molecule has 0 aromatic carbocycles. The average Bonchev–Trinajstić information content (AvgIpc) is 3.86. The first-order valence-electron chi connectivity index (χ1n) is 20.3. The maximum atomic E-state index is 11.7. The minimum atomic E-state index is -0.0146. The van der Waals surface area contributed by atoms with E-state index in [1.807, 2.05) is 0 Å². The maximum absolute atomic E-state index is 11.7. The van der Waals surface area contributed by atoms with Gasteiger partial charge in [-0.2, -0.15) is 0 Å². The zero-order chi connectivity index (χ0) is 33.1. The Hall–Kier alpha value is -1.06. The molecule has 0 spiro atoms. The largest absolute Gasteiger partial charge is 0.469 e. The van der Waals surface area contributed by atoms with Crippen LogP contribution >= 0.6 is 0 Å². The van der Waals surface area contributed by atoms with E-state index in [-0.39, 0.29) is 11.9 Å². The third kappa shape index (κ3) is 11.8. The van der Waals surface area contributed by atoms with Crippen LogP contribution in [0.5, 0.6) is 0 Å². The normalized spacial score (nSPS) is 34.0. The Bertz CT molecular complexity index is 900. The van der Waals surface area contributed by atoms with Crippen LogP contribution in [0.2, 0.25) is 0 Å². The van der Waals surface area contributed by atoms with Crippen molar-refractivity contribution in [3.8, 4) is 0 Å². The minimum absolute atomic E-state index is 0.0143. The Kier molecular flexibility index (Phi) is 15.8. The fraction of sp³-hybridized carbons (Fsp3) is 0.952. The molecule has 0 aromatic rings. The fourth-order valence-electron chi connectivity index (χ4n) is 11.2. The second-order valence-electron chi connectivity index (χ2n) is 17.7. The summed E-state index contributed by atoms with van der Waals surface area (Å²) in [7, 11) is 3.05. The third-order valence-electron chi connectivity index (χ3n) is 14.3. The van der Waals surface area contributed by atoms with E-state index < -0.39 is 0 Å². The zero-order valence-electron chi connectivity index (χ0n) is 31.1. The van der Waals surface area contributed by atoms with Crippen molar-refractivity contribution in [2.45, 2.75) is 169 Å². The summed E-state index contributed by atoms with van der Waals surface area (Å²) in [6.07, 6.45) is 28.9. The van der Waals surface area contributed by atoms with Crippen LogP contribution in [-0.4, -0.2) is 26.2 Å². The van der Waals surface area contributed by atoms with Crippen LogP contribution in [0.25, 0.3) is 0 Å². The molecule has 0 N–H and O–H groups in total. The molecule has 4 aliphatic rings. The molecule has 4 heteroatoms. The van der Waals surface area contributed by atoms with Crippen LogP contribution in [-0.2, 0) is 19.1 Å². The van der Waals surface area contributed by atoms with E-state index in [0.29, 0.717) is 24.7 Å². The van der Waals surface area contributed by atoms with Gasteiger partial charge in [0.25, 0.3) is 0 Å². The molecule has 0 heterocycles. The number of carbonyl (C=O) groups is 2. The molecule has 4 saturated carbocycles. The third-order valence-corrected chi connectivity index (χ3v) is 14.3. The molecule has 0 aliphatic heterocycles. The van der Waals surface area contributed by atoms with Gasteiger partial charge in [0.1, 0.15) is 0 Å². The molecule has 0 amide bonds. The number of hydrogen-bond donors (Lipinski definition) is 0. The molecule has 0 saturated heterocycles. The lowest BCUT2D eigenvalue weighted by Crippen LogP contribution is -2.15. The summed E-state index contributed by atoms with van der Waals surface area (Å²) < 4.78 is 9.84. The molecule has 7 unspecified atom stereocenters. The van der Waals surface area contributed by atoms with E-state index in [0.717, 1.165) is 59.2 Å². The van der Waals surface area contributed by atoms with Gasteiger partial charge in [-0.3, -0.25) is 9.59 Å². The summed E-state index contributed by atoms with van der Waals surface area (Å²) in [6, 6.07) is 0. The Morgan fingerprint density at radius 3 is 1.48 bits per heavy atom. The van der Waals surface area contributed by atoms with E-state index in [2.05, 4.69) is 27.7 Å². The van der Waals surface area contributed by atoms with Crippen LogP contribution in [0, 0.1) is 71.0 Å². The molecular formula is C42H74O4. The second kappa shape index (κ2) is 19.2. The standard InChI is InChI=1S/C42H74O4/c1-29(12-9-13-31(3)35-18-20-39(27-35)37-16-14-33(23-37)25-41(43)45-5)10-7-8-11-30(2)22-32(4)36-19-21-40(28-36)38-17-15-34(24-38)26-42(44)46-6/h29-40H,7-28H2,1-6H3/t29-,30?,31-,32-,33?,34?,35?,36?,37?,38+,39+,40?/m1/s1. The highest BCUT2D eigenvalue weighted by Crippen LogP contribution is 2.49. The van der Waals surface area contributed by atoms with Gasteiger partial charge in [0, 0.05) is 12.8 Å². The van der Waals surface area contributed by atoms with Crippen LogP contribution < -0.4 is 0 Å². The number of esters is 2. The Balaban J connectivity index is 1.00. The van der Waals surface area contributed by atoms with Crippen molar-refractivity contribution in [1.82, 2.24) is 0 Å². The topological polar surface area (TPSA) is 52.6 Å². The Morgan fingerprint density at radius 2 is 0.957 bits per heavy atom. The molecule has 0 aromatic heterocycles. The smallest absolute Gasteiger partial charge is 0.305 e. The molecular weight excluding hydrogens is 568 g/mol. The fourth-order valence-corrected chi connectivity index (χ4v) is 11.2. The van der Waals surface area contributed by atoms with Gasteiger partial charge in [0.2, 0.25) is 0 Å². The van der Waals surface area contributed by atoms with Crippen LogP contribution in [0.1, 0.15) is 169 Å². The lowest BCUT2D eigenvalue weighted by molar-refractivity contribution is -0.142. The van der Waals surface area contributed by atoms with E-state index in [1.54, 1.807) is 0 Å². The number of carbonyl (C=O) groups excluding carboxylic acids is 2. The minimum Gasteiger partial charge on any atom is -0.469 e. The first-order valence-corrected chi connectivity index (χ1v) is 20.3.